The Morgan fingerprint density at radius 2 is 2.36 bits per heavy atom. The SMILES string of the molecule is OC1=CC(O)=NCN1Cc1ccc[nH]1. The van der Waals surface area contributed by atoms with Crippen molar-refractivity contribution in [3.63, 3.8) is 0 Å². The molecule has 5 heteroatoms. The van der Waals surface area contributed by atoms with Crippen molar-refractivity contribution in [1.29, 1.82) is 0 Å². The van der Waals surface area contributed by atoms with E-state index in [1.807, 2.05) is 18.3 Å². The number of H-pyrrole nitrogens is 1. The van der Waals surface area contributed by atoms with Crippen molar-refractivity contribution in [2.75, 3.05) is 6.67 Å². The molecule has 0 unspecified atom stereocenters. The Morgan fingerprint density at radius 1 is 1.50 bits per heavy atom. The van der Waals surface area contributed by atoms with Gasteiger partial charge in [0.05, 0.1) is 12.6 Å². The van der Waals surface area contributed by atoms with Gasteiger partial charge in [-0.3, -0.25) is 0 Å². The molecule has 14 heavy (non-hydrogen) atoms. The molecule has 0 amide bonds. The summed E-state index contributed by atoms with van der Waals surface area (Å²) in [6.45, 7) is 0.819. The Bertz CT molecular complexity index is 367. The van der Waals surface area contributed by atoms with E-state index in [9.17, 15) is 5.11 Å². The van der Waals surface area contributed by atoms with Crippen LogP contribution in [0.5, 0.6) is 0 Å². The van der Waals surface area contributed by atoms with Gasteiger partial charge < -0.3 is 20.1 Å². The summed E-state index contributed by atoms with van der Waals surface area (Å²) in [5.41, 5.74) is 0.988. The maximum atomic E-state index is 9.47. The Balaban J connectivity index is 2.05. The summed E-state index contributed by atoms with van der Waals surface area (Å²) < 4.78 is 0. The van der Waals surface area contributed by atoms with Crippen molar-refractivity contribution < 1.29 is 10.2 Å². The zero-order chi connectivity index (χ0) is 9.97. The molecule has 74 valence electrons. The van der Waals surface area contributed by atoms with Gasteiger partial charge in [-0.1, -0.05) is 0 Å². The lowest BCUT2D eigenvalue weighted by atomic mass is 10.3. The Hall–Kier alpha value is -1.91. The summed E-state index contributed by atoms with van der Waals surface area (Å²) >= 11 is 0. The van der Waals surface area contributed by atoms with Gasteiger partial charge in [0.1, 0.15) is 6.67 Å². The topological polar surface area (TPSA) is 71.8 Å². The van der Waals surface area contributed by atoms with Crippen LogP contribution in [-0.4, -0.2) is 32.7 Å². The van der Waals surface area contributed by atoms with Crippen LogP contribution in [0.25, 0.3) is 0 Å². The molecule has 0 atom stereocenters. The van der Waals surface area contributed by atoms with Gasteiger partial charge in [0, 0.05) is 11.9 Å². The number of nitrogens with zero attached hydrogens (tertiary/aromatic N) is 2. The second kappa shape index (κ2) is 3.45. The number of aromatic nitrogens is 1. The van der Waals surface area contributed by atoms with E-state index in [-0.39, 0.29) is 18.4 Å². The van der Waals surface area contributed by atoms with Crippen LogP contribution in [0.1, 0.15) is 5.69 Å². The van der Waals surface area contributed by atoms with Crippen LogP contribution in [0.15, 0.2) is 35.3 Å². The normalized spacial score (nSPS) is 16.4. The number of hydrogen-bond acceptors (Lipinski definition) is 3. The first kappa shape index (κ1) is 8.68. The van der Waals surface area contributed by atoms with Gasteiger partial charge in [-0.25, -0.2) is 4.99 Å². The van der Waals surface area contributed by atoms with Crippen LogP contribution in [-0.2, 0) is 6.54 Å². The van der Waals surface area contributed by atoms with Crippen molar-refractivity contribution >= 4 is 5.90 Å². The first-order valence-electron chi connectivity index (χ1n) is 4.27. The largest absolute Gasteiger partial charge is 0.494 e. The standard InChI is InChI=1S/C9H11N3O2/c13-8-4-9(14)12(6-11-8)5-7-2-1-3-10-7/h1-4,10,14H,5-6H2,(H,11,13). The summed E-state index contributed by atoms with van der Waals surface area (Å²) in [6, 6.07) is 3.81. The molecule has 0 aromatic carbocycles. The first-order valence-corrected chi connectivity index (χ1v) is 4.27. The minimum Gasteiger partial charge on any atom is -0.494 e. The number of rotatable bonds is 2. The maximum Gasteiger partial charge on any atom is 0.213 e. The highest BCUT2D eigenvalue weighted by Gasteiger charge is 2.13. The van der Waals surface area contributed by atoms with Gasteiger partial charge >= 0.3 is 0 Å². The highest BCUT2D eigenvalue weighted by Crippen LogP contribution is 2.10. The molecular weight excluding hydrogens is 182 g/mol. The van der Waals surface area contributed by atoms with E-state index in [0.29, 0.717) is 6.54 Å². The average molecular weight is 193 g/mol. The summed E-state index contributed by atoms with van der Waals surface area (Å²) in [5, 5.41) is 18.5. The van der Waals surface area contributed by atoms with Gasteiger partial charge in [-0.15, -0.1) is 0 Å². The Morgan fingerprint density at radius 3 is 3.00 bits per heavy atom. The number of nitrogens with one attached hydrogen (secondary N) is 1. The van der Waals surface area contributed by atoms with Crippen LogP contribution in [0.2, 0.25) is 0 Å². The van der Waals surface area contributed by atoms with Crippen molar-refractivity contribution in [2.45, 2.75) is 6.54 Å². The molecule has 1 aromatic rings. The summed E-state index contributed by atoms with van der Waals surface area (Å²) in [6.07, 6.45) is 3.05. The highest BCUT2D eigenvalue weighted by molar-refractivity contribution is 5.86. The van der Waals surface area contributed by atoms with Gasteiger partial charge in [-0.2, -0.15) is 0 Å². The second-order valence-corrected chi connectivity index (χ2v) is 3.05. The minimum absolute atomic E-state index is 0.0344. The molecule has 2 heterocycles. The number of aliphatic imine (C=N–C) groups is 1. The van der Waals surface area contributed by atoms with Crippen LogP contribution in [0, 0.1) is 0 Å². The third-order valence-corrected chi connectivity index (χ3v) is 2.01. The molecule has 0 aliphatic carbocycles. The smallest absolute Gasteiger partial charge is 0.213 e. The van der Waals surface area contributed by atoms with Crippen LogP contribution >= 0.6 is 0 Å². The van der Waals surface area contributed by atoms with E-state index >= 15 is 0 Å². The Labute approximate surface area is 81.0 Å². The number of aliphatic hydroxyl groups excluding tert-OH is 2. The van der Waals surface area contributed by atoms with Gasteiger partial charge in [0.2, 0.25) is 5.90 Å². The zero-order valence-electron chi connectivity index (χ0n) is 7.51. The average Bonchev–Trinajstić information content (AvgIpc) is 2.62. The third kappa shape index (κ3) is 1.71. The fraction of sp³-hybridized carbons (Fsp3) is 0.222. The van der Waals surface area contributed by atoms with Crippen molar-refractivity contribution in [3.05, 3.63) is 36.0 Å². The molecule has 1 aliphatic rings. The minimum atomic E-state index is -0.134. The van der Waals surface area contributed by atoms with E-state index in [1.54, 1.807) is 4.90 Å². The molecule has 0 saturated heterocycles. The van der Waals surface area contributed by atoms with Crippen molar-refractivity contribution in [3.8, 4) is 0 Å². The molecule has 3 N–H and O–H groups in total. The van der Waals surface area contributed by atoms with Crippen LogP contribution in [0.3, 0.4) is 0 Å². The Kier molecular flexibility index (Phi) is 2.14. The van der Waals surface area contributed by atoms with Gasteiger partial charge in [0.25, 0.3) is 0 Å². The molecule has 0 spiro atoms. The lowest BCUT2D eigenvalue weighted by Crippen LogP contribution is -2.27. The summed E-state index contributed by atoms with van der Waals surface area (Å²) in [7, 11) is 0. The fourth-order valence-corrected chi connectivity index (χ4v) is 1.29. The van der Waals surface area contributed by atoms with E-state index in [0.717, 1.165) is 5.69 Å². The van der Waals surface area contributed by atoms with E-state index < -0.39 is 0 Å². The van der Waals surface area contributed by atoms with Gasteiger partial charge in [0.15, 0.2) is 5.88 Å². The molecule has 0 bridgehead atoms. The number of hydrogen-bond donors (Lipinski definition) is 3. The van der Waals surface area contributed by atoms with Gasteiger partial charge in [-0.05, 0) is 12.1 Å². The second-order valence-electron chi connectivity index (χ2n) is 3.05. The summed E-state index contributed by atoms with van der Waals surface area (Å²) in [5.74, 6) is -0.0997. The number of aliphatic hydroxyl groups is 2. The lowest BCUT2D eigenvalue weighted by Gasteiger charge is -2.23. The van der Waals surface area contributed by atoms with E-state index in [1.165, 1.54) is 6.08 Å². The van der Waals surface area contributed by atoms with E-state index in [4.69, 9.17) is 5.11 Å². The molecule has 0 radical (unpaired) electrons. The maximum absolute atomic E-state index is 9.47. The third-order valence-electron chi connectivity index (χ3n) is 2.01. The summed E-state index contributed by atoms with van der Waals surface area (Å²) in [4.78, 5) is 8.46. The van der Waals surface area contributed by atoms with Crippen LogP contribution < -0.4 is 0 Å². The number of aromatic amines is 1. The fourth-order valence-electron chi connectivity index (χ4n) is 1.29. The predicted molar refractivity (Wildman–Crippen MR) is 52.0 cm³/mol. The van der Waals surface area contributed by atoms with Crippen LogP contribution in [0.4, 0.5) is 0 Å². The van der Waals surface area contributed by atoms with E-state index in [2.05, 4.69) is 9.98 Å². The molecule has 1 aromatic heterocycles. The molecule has 2 rings (SSSR count). The first-order chi connectivity index (χ1) is 6.75. The molecule has 0 saturated carbocycles. The predicted octanol–water partition coefficient (Wildman–Crippen LogP) is 1.14. The highest BCUT2D eigenvalue weighted by atomic mass is 16.3. The zero-order valence-corrected chi connectivity index (χ0v) is 7.51. The molecule has 1 aliphatic heterocycles. The molecule has 0 fully saturated rings. The lowest BCUT2D eigenvalue weighted by molar-refractivity contribution is 0.192. The van der Waals surface area contributed by atoms with Crippen molar-refractivity contribution in [2.24, 2.45) is 4.99 Å². The monoisotopic (exact) mass is 193 g/mol. The van der Waals surface area contributed by atoms with Crippen molar-refractivity contribution in [1.82, 2.24) is 9.88 Å². The molecule has 5 nitrogen and oxygen atoms in total. The quantitative estimate of drug-likeness (QED) is 0.659. The molecular formula is C9H11N3O2.